The first-order chi connectivity index (χ1) is 7.18. The van der Waals surface area contributed by atoms with E-state index in [1.54, 1.807) is 12.4 Å². The van der Waals surface area contributed by atoms with Gasteiger partial charge in [-0.1, -0.05) is 12.5 Å². The molecule has 2 rings (SSSR count). The highest BCUT2D eigenvalue weighted by Gasteiger charge is 2.33. The Morgan fingerprint density at radius 1 is 1.47 bits per heavy atom. The quantitative estimate of drug-likeness (QED) is 0.806. The van der Waals surface area contributed by atoms with Crippen molar-refractivity contribution in [1.82, 2.24) is 4.98 Å². The molecule has 0 aliphatic heterocycles. The zero-order valence-electron chi connectivity index (χ0n) is 8.81. The topological polar surface area (TPSA) is 50.2 Å². The van der Waals surface area contributed by atoms with Crippen LogP contribution in [0.5, 0.6) is 0 Å². The second-order valence-electron chi connectivity index (χ2n) is 4.28. The molecule has 15 heavy (non-hydrogen) atoms. The van der Waals surface area contributed by atoms with Crippen LogP contribution in [-0.4, -0.2) is 16.1 Å². The number of pyridine rings is 1. The monoisotopic (exact) mass is 205 g/mol. The van der Waals surface area contributed by atoms with Crippen molar-refractivity contribution >= 4 is 5.97 Å². The van der Waals surface area contributed by atoms with Gasteiger partial charge in [-0.3, -0.25) is 9.78 Å². The summed E-state index contributed by atoms with van der Waals surface area (Å²) in [5, 5.41) is 9.09. The molecule has 0 spiro atoms. The predicted octanol–water partition coefficient (Wildman–Crippen LogP) is 2.36. The molecule has 1 aliphatic rings. The summed E-state index contributed by atoms with van der Waals surface area (Å²) in [6.07, 6.45) is 6.39. The van der Waals surface area contributed by atoms with Crippen LogP contribution < -0.4 is 0 Å². The average molecular weight is 205 g/mol. The summed E-state index contributed by atoms with van der Waals surface area (Å²) in [5.41, 5.74) is 2.18. The summed E-state index contributed by atoms with van der Waals surface area (Å²) < 4.78 is 0. The number of aliphatic carboxylic acids is 1. The lowest BCUT2D eigenvalue weighted by Crippen LogP contribution is -2.16. The van der Waals surface area contributed by atoms with Crippen molar-refractivity contribution in [2.75, 3.05) is 0 Å². The third kappa shape index (κ3) is 2.01. The van der Waals surface area contributed by atoms with E-state index in [9.17, 15) is 4.79 Å². The van der Waals surface area contributed by atoms with Crippen molar-refractivity contribution in [1.29, 1.82) is 0 Å². The molecule has 0 aromatic carbocycles. The summed E-state index contributed by atoms with van der Waals surface area (Å²) in [4.78, 5) is 15.2. The molecule has 1 aromatic rings. The van der Waals surface area contributed by atoms with Crippen molar-refractivity contribution < 1.29 is 9.90 Å². The number of aryl methyl sites for hydroxylation is 1. The van der Waals surface area contributed by atoms with Gasteiger partial charge < -0.3 is 5.11 Å². The second kappa shape index (κ2) is 4.01. The van der Waals surface area contributed by atoms with E-state index in [4.69, 9.17) is 5.11 Å². The van der Waals surface area contributed by atoms with E-state index < -0.39 is 5.97 Å². The molecule has 1 aliphatic carbocycles. The molecule has 0 amide bonds. The van der Waals surface area contributed by atoms with E-state index in [1.165, 1.54) is 0 Å². The highest BCUT2D eigenvalue weighted by Crippen LogP contribution is 2.39. The molecule has 0 radical (unpaired) electrons. The number of carboxylic acids is 1. The molecule has 0 saturated heterocycles. The molecule has 3 heteroatoms. The van der Waals surface area contributed by atoms with Crippen molar-refractivity contribution in [3.63, 3.8) is 0 Å². The Labute approximate surface area is 89.2 Å². The fourth-order valence-electron chi connectivity index (χ4n) is 2.44. The molecule has 1 fully saturated rings. The van der Waals surface area contributed by atoms with Gasteiger partial charge in [-0.15, -0.1) is 0 Å². The van der Waals surface area contributed by atoms with Crippen molar-refractivity contribution in [3.05, 3.63) is 29.6 Å². The van der Waals surface area contributed by atoms with E-state index >= 15 is 0 Å². The molecule has 1 aromatic heterocycles. The lowest BCUT2D eigenvalue weighted by atomic mass is 9.89. The minimum Gasteiger partial charge on any atom is -0.481 e. The summed E-state index contributed by atoms with van der Waals surface area (Å²) in [5.74, 6) is -0.720. The lowest BCUT2D eigenvalue weighted by molar-refractivity contribution is -0.142. The van der Waals surface area contributed by atoms with Gasteiger partial charge in [-0.2, -0.15) is 0 Å². The van der Waals surface area contributed by atoms with Crippen LogP contribution in [0.2, 0.25) is 0 Å². The fourth-order valence-corrected chi connectivity index (χ4v) is 2.44. The van der Waals surface area contributed by atoms with Crippen molar-refractivity contribution in [3.8, 4) is 0 Å². The summed E-state index contributed by atoms with van der Waals surface area (Å²) >= 11 is 0. The Kier molecular flexibility index (Phi) is 2.71. The molecule has 2 atom stereocenters. The van der Waals surface area contributed by atoms with Gasteiger partial charge in [0.25, 0.3) is 0 Å². The highest BCUT2D eigenvalue weighted by atomic mass is 16.4. The molecular formula is C12H15NO2. The average Bonchev–Trinajstić information content (AvgIpc) is 2.65. The van der Waals surface area contributed by atoms with Crippen LogP contribution in [0.25, 0.3) is 0 Å². The van der Waals surface area contributed by atoms with Crippen molar-refractivity contribution in [2.45, 2.75) is 32.1 Å². The number of aromatic nitrogens is 1. The van der Waals surface area contributed by atoms with Crippen LogP contribution in [-0.2, 0) is 4.79 Å². The molecule has 1 N–H and O–H groups in total. The number of hydrogen-bond donors (Lipinski definition) is 1. The Hall–Kier alpha value is -1.38. The Balaban J connectivity index is 2.26. The summed E-state index contributed by atoms with van der Waals surface area (Å²) in [6.45, 7) is 1.99. The number of rotatable bonds is 2. The zero-order valence-corrected chi connectivity index (χ0v) is 8.81. The minimum absolute atomic E-state index is 0.162. The largest absolute Gasteiger partial charge is 0.481 e. The molecule has 1 saturated carbocycles. The SMILES string of the molecule is Cc1cncc(C2CCCC2C(=O)O)c1. The third-order valence-electron chi connectivity index (χ3n) is 3.16. The molecule has 0 bridgehead atoms. The Morgan fingerprint density at radius 3 is 2.93 bits per heavy atom. The first kappa shape index (κ1) is 10.1. The van der Waals surface area contributed by atoms with E-state index in [2.05, 4.69) is 11.1 Å². The second-order valence-corrected chi connectivity index (χ2v) is 4.28. The van der Waals surface area contributed by atoms with E-state index in [1.807, 2.05) is 6.92 Å². The van der Waals surface area contributed by atoms with Gasteiger partial charge in [0.2, 0.25) is 0 Å². The first-order valence-corrected chi connectivity index (χ1v) is 5.33. The van der Waals surface area contributed by atoms with Gasteiger partial charge in [0, 0.05) is 12.4 Å². The fraction of sp³-hybridized carbons (Fsp3) is 0.500. The smallest absolute Gasteiger partial charge is 0.307 e. The van der Waals surface area contributed by atoms with Crippen molar-refractivity contribution in [2.24, 2.45) is 5.92 Å². The highest BCUT2D eigenvalue weighted by molar-refractivity contribution is 5.71. The number of carbonyl (C=O) groups is 1. The van der Waals surface area contributed by atoms with Crippen LogP contribution in [0.15, 0.2) is 18.5 Å². The number of nitrogens with zero attached hydrogens (tertiary/aromatic N) is 1. The van der Waals surface area contributed by atoms with Crippen LogP contribution in [0.3, 0.4) is 0 Å². The van der Waals surface area contributed by atoms with Crippen LogP contribution in [0, 0.1) is 12.8 Å². The standard InChI is InChI=1S/C12H15NO2/c1-8-5-9(7-13-6-8)10-3-2-4-11(10)12(14)15/h5-7,10-11H,2-4H2,1H3,(H,14,15). The maximum absolute atomic E-state index is 11.0. The maximum Gasteiger partial charge on any atom is 0.307 e. The molecule has 1 heterocycles. The summed E-state index contributed by atoms with van der Waals surface area (Å²) in [6, 6.07) is 2.05. The van der Waals surface area contributed by atoms with Gasteiger partial charge in [-0.25, -0.2) is 0 Å². The minimum atomic E-state index is -0.668. The van der Waals surface area contributed by atoms with Gasteiger partial charge in [0.15, 0.2) is 0 Å². The molecule has 80 valence electrons. The molecular weight excluding hydrogens is 190 g/mol. The van der Waals surface area contributed by atoms with Gasteiger partial charge in [0.05, 0.1) is 5.92 Å². The Bertz CT molecular complexity index is 376. The van der Waals surface area contributed by atoms with Crippen LogP contribution in [0.4, 0.5) is 0 Å². The maximum atomic E-state index is 11.0. The van der Waals surface area contributed by atoms with Crippen LogP contribution >= 0.6 is 0 Å². The Morgan fingerprint density at radius 2 is 2.27 bits per heavy atom. The van der Waals surface area contributed by atoms with Gasteiger partial charge in [-0.05, 0) is 36.8 Å². The molecule has 3 nitrogen and oxygen atoms in total. The lowest BCUT2D eigenvalue weighted by Gasteiger charge is -2.15. The van der Waals surface area contributed by atoms with E-state index in [0.29, 0.717) is 0 Å². The first-order valence-electron chi connectivity index (χ1n) is 5.33. The summed E-state index contributed by atoms with van der Waals surface area (Å²) in [7, 11) is 0. The molecule has 2 unspecified atom stereocenters. The normalized spacial score (nSPS) is 25.4. The van der Waals surface area contributed by atoms with Crippen LogP contribution in [0.1, 0.15) is 36.3 Å². The number of carboxylic acid groups (broad SMARTS) is 1. The van der Waals surface area contributed by atoms with E-state index in [-0.39, 0.29) is 11.8 Å². The van der Waals surface area contributed by atoms with Gasteiger partial charge in [0.1, 0.15) is 0 Å². The third-order valence-corrected chi connectivity index (χ3v) is 3.16. The van der Waals surface area contributed by atoms with E-state index in [0.717, 1.165) is 30.4 Å². The predicted molar refractivity (Wildman–Crippen MR) is 56.7 cm³/mol. The van der Waals surface area contributed by atoms with Gasteiger partial charge >= 0.3 is 5.97 Å². The zero-order chi connectivity index (χ0) is 10.8. The number of hydrogen-bond acceptors (Lipinski definition) is 2.